The van der Waals surface area contributed by atoms with Gasteiger partial charge in [0.15, 0.2) is 0 Å². The molecule has 108 valence electrons. The largest absolute Gasteiger partial charge is 0.416 e. The molecule has 1 aliphatic rings. The molecule has 0 aromatic carbocycles. The Balaban J connectivity index is 1.56. The maximum Gasteiger partial charge on any atom is 0.325 e. The van der Waals surface area contributed by atoms with Crippen molar-refractivity contribution in [3.05, 3.63) is 17.8 Å². The fourth-order valence-corrected chi connectivity index (χ4v) is 2.24. The monoisotopic (exact) mass is 279 g/mol. The summed E-state index contributed by atoms with van der Waals surface area (Å²) in [6.07, 6.45) is 1.39. The van der Waals surface area contributed by atoms with Crippen LogP contribution in [0.1, 0.15) is 16.2 Å². The van der Waals surface area contributed by atoms with Crippen molar-refractivity contribution in [1.29, 1.82) is 0 Å². The number of oxazole rings is 1. The zero-order valence-corrected chi connectivity index (χ0v) is 11.3. The maximum absolute atomic E-state index is 12.1. The first-order valence-electron chi connectivity index (χ1n) is 6.63. The van der Waals surface area contributed by atoms with Gasteiger partial charge < -0.3 is 14.5 Å². The number of hydrogen-bond acceptors (Lipinski definition) is 6. The Hall–Kier alpha value is -1.93. The SMILES string of the molecule is Cc1c(C(=O)NCCN2CCOCC2)oc2ncnn12. The van der Waals surface area contributed by atoms with Gasteiger partial charge in [0.25, 0.3) is 5.91 Å². The van der Waals surface area contributed by atoms with Gasteiger partial charge in [0.1, 0.15) is 6.33 Å². The van der Waals surface area contributed by atoms with E-state index in [4.69, 9.17) is 9.15 Å². The van der Waals surface area contributed by atoms with Crippen LogP contribution in [-0.4, -0.2) is 64.8 Å². The van der Waals surface area contributed by atoms with E-state index in [9.17, 15) is 4.79 Å². The summed E-state index contributed by atoms with van der Waals surface area (Å²) in [7, 11) is 0. The lowest BCUT2D eigenvalue weighted by Crippen LogP contribution is -2.41. The van der Waals surface area contributed by atoms with Gasteiger partial charge >= 0.3 is 5.84 Å². The molecule has 8 nitrogen and oxygen atoms in total. The van der Waals surface area contributed by atoms with Crippen LogP contribution in [0.3, 0.4) is 0 Å². The molecule has 0 radical (unpaired) electrons. The summed E-state index contributed by atoms with van der Waals surface area (Å²) in [4.78, 5) is 18.2. The zero-order chi connectivity index (χ0) is 13.9. The van der Waals surface area contributed by atoms with Crippen LogP contribution < -0.4 is 5.32 Å². The third-order valence-electron chi connectivity index (χ3n) is 3.38. The van der Waals surface area contributed by atoms with Gasteiger partial charge in [-0.15, -0.1) is 0 Å². The number of aromatic nitrogens is 3. The first-order chi connectivity index (χ1) is 9.75. The first kappa shape index (κ1) is 13.1. The van der Waals surface area contributed by atoms with Crippen molar-refractivity contribution >= 4 is 11.8 Å². The van der Waals surface area contributed by atoms with Gasteiger partial charge in [-0.2, -0.15) is 14.6 Å². The van der Waals surface area contributed by atoms with Crippen LogP contribution in [0.15, 0.2) is 10.7 Å². The Labute approximate surface area is 115 Å². The Bertz CT molecular complexity index is 599. The van der Waals surface area contributed by atoms with Crippen LogP contribution in [0.5, 0.6) is 0 Å². The van der Waals surface area contributed by atoms with Crippen LogP contribution in [-0.2, 0) is 4.74 Å². The van der Waals surface area contributed by atoms with E-state index in [1.165, 1.54) is 10.8 Å². The molecular formula is C12H17N5O3. The van der Waals surface area contributed by atoms with Crippen LogP contribution in [0.25, 0.3) is 5.84 Å². The predicted molar refractivity (Wildman–Crippen MR) is 69.6 cm³/mol. The molecule has 1 aliphatic heterocycles. The number of carbonyl (C=O) groups excluding carboxylic acids is 1. The van der Waals surface area contributed by atoms with Gasteiger partial charge in [-0.25, -0.2) is 0 Å². The van der Waals surface area contributed by atoms with Gasteiger partial charge in [-0.1, -0.05) is 0 Å². The Kier molecular flexibility index (Phi) is 3.66. The molecule has 2 aromatic heterocycles. The molecule has 0 aliphatic carbocycles. The molecule has 1 fully saturated rings. The average Bonchev–Trinajstić information content (AvgIpc) is 3.03. The van der Waals surface area contributed by atoms with Crippen LogP contribution in [0.4, 0.5) is 0 Å². The highest BCUT2D eigenvalue weighted by molar-refractivity contribution is 5.92. The minimum absolute atomic E-state index is 0.233. The van der Waals surface area contributed by atoms with Gasteiger partial charge in [-0.05, 0) is 6.92 Å². The Morgan fingerprint density at radius 1 is 1.45 bits per heavy atom. The predicted octanol–water partition coefficient (Wildman–Crippen LogP) is -0.307. The fraction of sp³-hybridized carbons (Fsp3) is 0.583. The quantitative estimate of drug-likeness (QED) is 0.826. The second kappa shape index (κ2) is 5.59. The van der Waals surface area contributed by atoms with Gasteiger partial charge in [0.05, 0.1) is 18.9 Å². The molecule has 0 spiro atoms. The fourth-order valence-electron chi connectivity index (χ4n) is 2.24. The zero-order valence-electron chi connectivity index (χ0n) is 11.3. The highest BCUT2D eigenvalue weighted by atomic mass is 16.5. The lowest BCUT2D eigenvalue weighted by atomic mass is 10.3. The molecule has 1 saturated heterocycles. The van der Waals surface area contributed by atoms with E-state index in [1.807, 2.05) is 0 Å². The van der Waals surface area contributed by atoms with Crippen LogP contribution in [0, 0.1) is 6.92 Å². The third-order valence-corrected chi connectivity index (χ3v) is 3.38. The second-order valence-electron chi connectivity index (χ2n) is 4.68. The molecular weight excluding hydrogens is 262 g/mol. The third kappa shape index (κ3) is 2.52. The van der Waals surface area contributed by atoms with E-state index in [0.29, 0.717) is 18.1 Å². The summed E-state index contributed by atoms with van der Waals surface area (Å²) >= 11 is 0. The summed E-state index contributed by atoms with van der Waals surface area (Å²) < 4.78 is 12.2. The van der Waals surface area contributed by atoms with Gasteiger partial charge in [0.2, 0.25) is 5.76 Å². The minimum Gasteiger partial charge on any atom is -0.416 e. The van der Waals surface area contributed by atoms with Crippen molar-refractivity contribution < 1.29 is 13.9 Å². The smallest absolute Gasteiger partial charge is 0.325 e. The molecule has 0 bridgehead atoms. The number of nitrogens with zero attached hydrogens (tertiary/aromatic N) is 4. The van der Waals surface area contributed by atoms with Crippen LogP contribution in [0.2, 0.25) is 0 Å². The first-order valence-corrected chi connectivity index (χ1v) is 6.63. The van der Waals surface area contributed by atoms with Crippen molar-refractivity contribution in [1.82, 2.24) is 24.8 Å². The van der Waals surface area contributed by atoms with Crippen molar-refractivity contribution in [2.75, 3.05) is 39.4 Å². The van der Waals surface area contributed by atoms with Gasteiger partial charge in [-0.3, -0.25) is 9.69 Å². The number of aryl methyl sites for hydroxylation is 1. The van der Waals surface area contributed by atoms with Crippen molar-refractivity contribution in [3.63, 3.8) is 0 Å². The number of ether oxygens (including phenoxy) is 1. The molecule has 1 amide bonds. The lowest BCUT2D eigenvalue weighted by molar-refractivity contribution is 0.0382. The second-order valence-corrected chi connectivity index (χ2v) is 4.68. The summed E-state index contributed by atoms with van der Waals surface area (Å²) in [5.74, 6) is 0.367. The number of fused-ring (bicyclic) bond motifs is 1. The number of carbonyl (C=O) groups is 1. The molecule has 3 rings (SSSR count). The molecule has 0 saturated carbocycles. The number of rotatable bonds is 4. The highest BCUT2D eigenvalue weighted by Crippen LogP contribution is 2.12. The molecule has 8 heteroatoms. The molecule has 20 heavy (non-hydrogen) atoms. The summed E-state index contributed by atoms with van der Waals surface area (Å²) in [5.41, 5.74) is 0.654. The summed E-state index contributed by atoms with van der Waals surface area (Å²) in [6.45, 7) is 6.50. The molecule has 3 heterocycles. The molecule has 2 aromatic rings. The van der Waals surface area contributed by atoms with E-state index >= 15 is 0 Å². The number of amides is 1. The number of nitrogens with one attached hydrogen (secondary N) is 1. The molecule has 1 N–H and O–H groups in total. The molecule has 0 unspecified atom stereocenters. The lowest BCUT2D eigenvalue weighted by Gasteiger charge is -2.26. The summed E-state index contributed by atoms with van der Waals surface area (Å²) in [6, 6.07) is 0. The van der Waals surface area contributed by atoms with Crippen molar-refractivity contribution in [3.8, 4) is 0 Å². The Morgan fingerprint density at radius 2 is 2.25 bits per heavy atom. The standard InChI is InChI=1S/C12H17N5O3/c1-9-10(20-12-14-8-15-17(9)12)11(18)13-2-3-16-4-6-19-7-5-16/h8H,2-7H2,1H3,(H,13,18). The topological polar surface area (TPSA) is 84.9 Å². The minimum atomic E-state index is -0.233. The summed E-state index contributed by atoms with van der Waals surface area (Å²) in [5, 5.41) is 6.84. The Morgan fingerprint density at radius 3 is 3.00 bits per heavy atom. The normalized spacial score (nSPS) is 16.6. The highest BCUT2D eigenvalue weighted by Gasteiger charge is 2.19. The van der Waals surface area contributed by atoms with E-state index in [-0.39, 0.29) is 11.7 Å². The van der Waals surface area contributed by atoms with Gasteiger partial charge in [0, 0.05) is 26.2 Å². The van der Waals surface area contributed by atoms with Crippen molar-refractivity contribution in [2.24, 2.45) is 0 Å². The average molecular weight is 279 g/mol. The van der Waals surface area contributed by atoms with E-state index in [0.717, 1.165) is 32.8 Å². The number of morpholine rings is 1. The van der Waals surface area contributed by atoms with E-state index < -0.39 is 0 Å². The van der Waals surface area contributed by atoms with Crippen molar-refractivity contribution in [2.45, 2.75) is 6.92 Å². The maximum atomic E-state index is 12.1. The number of hydrogen-bond donors (Lipinski definition) is 1. The molecule has 0 atom stereocenters. The van der Waals surface area contributed by atoms with Crippen LogP contribution >= 0.6 is 0 Å². The van der Waals surface area contributed by atoms with E-state index in [2.05, 4.69) is 20.3 Å². The van der Waals surface area contributed by atoms with E-state index in [1.54, 1.807) is 6.92 Å².